The maximum atomic E-state index is 12.8. The van der Waals surface area contributed by atoms with E-state index >= 15 is 0 Å². The van der Waals surface area contributed by atoms with Crippen LogP contribution < -0.4 is 10.6 Å². The van der Waals surface area contributed by atoms with E-state index in [0.29, 0.717) is 17.9 Å². The zero-order chi connectivity index (χ0) is 19.2. The van der Waals surface area contributed by atoms with Crippen molar-refractivity contribution >= 4 is 22.6 Å². The highest BCUT2D eigenvalue weighted by Gasteiger charge is 2.12. The van der Waals surface area contributed by atoms with Gasteiger partial charge in [-0.3, -0.25) is 4.79 Å². The number of fused-ring (bicyclic) bond motifs is 1. The van der Waals surface area contributed by atoms with Gasteiger partial charge in [0, 0.05) is 25.5 Å². The second-order valence-corrected chi connectivity index (χ2v) is 6.66. The summed E-state index contributed by atoms with van der Waals surface area (Å²) in [6.07, 6.45) is 0. The highest BCUT2D eigenvalue weighted by atomic mass is 16.1. The summed E-state index contributed by atoms with van der Waals surface area (Å²) in [4.78, 5) is 19.6. The highest BCUT2D eigenvalue weighted by molar-refractivity contribution is 6.06. The third kappa shape index (κ3) is 4.63. The monoisotopic (exact) mass is 362 g/mol. The van der Waals surface area contributed by atoms with Crippen LogP contribution >= 0.6 is 0 Å². The molecule has 3 aromatic rings. The maximum Gasteiger partial charge on any atom is 0.252 e. The van der Waals surface area contributed by atoms with Crippen LogP contribution in [-0.2, 0) is 13.1 Å². The van der Waals surface area contributed by atoms with E-state index in [1.54, 1.807) is 13.1 Å². The van der Waals surface area contributed by atoms with Crippen molar-refractivity contribution in [2.45, 2.75) is 20.0 Å². The number of benzene rings is 2. The number of anilines is 1. The molecule has 2 N–H and O–H groups in total. The van der Waals surface area contributed by atoms with Gasteiger partial charge in [0.15, 0.2) is 0 Å². The van der Waals surface area contributed by atoms with Crippen LogP contribution in [0, 0.1) is 0 Å². The molecule has 0 spiro atoms. The predicted octanol–water partition coefficient (Wildman–Crippen LogP) is 3.66. The number of nitrogens with one attached hydrogen (secondary N) is 2. The van der Waals surface area contributed by atoms with Gasteiger partial charge in [0.2, 0.25) is 0 Å². The SMILES string of the molecule is CCN(C)Cc1cccc(CNC(=O)c2cc(NC)nc3ccccc23)c1. The van der Waals surface area contributed by atoms with Crippen LogP contribution in [0.5, 0.6) is 0 Å². The second-order valence-electron chi connectivity index (χ2n) is 6.66. The van der Waals surface area contributed by atoms with Crippen LogP contribution in [0.15, 0.2) is 54.6 Å². The molecular formula is C22H26N4O. The van der Waals surface area contributed by atoms with Crippen molar-refractivity contribution in [3.63, 3.8) is 0 Å². The molecule has 0 saturated carbocycles. The van der Waals surface area contributed by atoms with Crippen LogP contribution in [0.2, 0.25) is 0 Å². The summed E-state index contributed by atoms with van der Waals surface area (Å²) >= 11 is 0. The van der Waals surface area contributed by atoms with Gasteiger partial charge >= 0.3 is 0 Å². The average Bonchev–Trinajstić information content (AvgIpc) is 2.71. The van der Waals surface area contributed by atoms with E-state index in [1.165, 1.54) is 5.56 Å². The summed E-state index contributed by atoms with van der Waals surface area (Å²) < 4.78 is 0. The quantitative estimate of drug-likeness (QED) is 0.673. The van der Waals surface area contributed by atoms with Gasteiger partial charge in [-0.15, -0.1) is 0 Å². The van der Waals surface area contributed by atoms with Crippen molar-refractivity contribution in [2.24, 2.45) is 0 Å². The Balaban J connectivity index is 1.77. The molecule has 1 aromatic heterocycles. The molecule has 0 aliphatic heterocycles. The number of carbonyl (C=O) groups excluding carboxylic acids is 1. The molecule has 140 valence electrons. The molecule has 0 bridgehead atoms. The molecule has 27 heavy (non-hydrogen) atoms. The van der Waals surface area contributed by atoms with Gasteiger partial charge in [-0.25, -0.2) is 4.98 Å². The van der Waals surface area contributed by atoms with E-state index in [2.05, 4.69) is 46.6 Å². The van der Waals surface area contributed by atoms with Gasteiger partial charge in [-0.1, -0.05) is 49.4 Å². The summed E-state index contributed by atoms with van der Waals surface area (Å²) in [7, 11) is 3.90. The Hall–Kier alpha value is -2.92. The molecule has 5 heteroatoms. The molecule has 0 aliphatic carbocycles. The lowest BCUT2D eigenvalue weighted by Crippen LogP contribution is -2.23. The van der Waals surface area contributed by atoms with E-state index in [-0.39, 0.29) is 5.91 Å². The fraction of sp³-hybridized carbons (Fsp3) is 0.273. The predicted molar refractivity (Wildman–Crippen MR) is 111 cm³/mol. The van der Waals surface area contributed by atoms with Gasteiger partial charge in [0.05, 0.1) is 11.1 Å². The Morgan fingerprint density at radius 3 is 2.63 bits per heavy atom. The van der Waals surface area contributed by atoms with Crippen molar-refractivity contribution in [3.05, 3.63) is 71.3 Å². The van der Waals surface area contributed by atoms with Gasteiger partial charge in [-0.2, -0.15) is 0 Å². The molecule has 0 fully saturated rings. The molecule has 1 heterocycles. The third-order valence-corrected chi connectivity index (χ3v) is 4.65. The minimum Gasteiger partial charge on any atom is -0.373 e. The van der Waals surface area contributed by atoms with E-state index in [9.17, 15) is 4.79 Å². The van der Waals surface area contributed by atoms with E-state index in [1.807, 2.05) is 36.4 Å². The summed E-state index contributed by atoms with van der Waals surface area (Å²) in [6.45, 7) is 4.54. The Bertz CT molecular complexity index is 938. The smallest absolute Gasteiger partial charge is 0.252 e. The third-order valence-electron chi connectivity index (χ3n) is 4.65. The number of hydrogen-bond donors (Lipinski definition) is 2. The average molecular weight is 362 g/mol. The molecule has 5 nitrogen and oxygen atoms in total. The van der Waals surface area contributed by atoms with Crippen LogP contribution in [0.3, 0.4) is 0 Å². The Kier molecular flexibility index (Phi) is 6.04. The van der Waals surface area contributed by atoms with Crippen molar-refractivity contribution < 1.29 is 4.79 Å². The lowest BCUT2D eigenvalue weighted by Gasteiger charge is -2.15. The molecule has 0 radical (unpaired) electrons. The van der Waals surface area contributed by atoms with Crippen molar-refractivity contribution in [3.8, 4) is 0 Å². The van der Waals surface area contributed by atoms with E-state index < -0.39 is 0 Å². The number of hydrogen-bond acceptors (Lipinski definition) is 4. The Morgan fingerprint density at radius 2 is 1.85 bits per heavy atom. The number of aromatic nitrogens is 1. The number of amides is 1. The molecule has 0 saturated heterocycles. The topological polar surface area (TPSA) is 57.3 Å². The molecule has 0 aliphatic rings. The molecule has 3 rings (SSSR count). The van der Waals surface area contributed by atoms with Gasteiger partial charge in [-0.05, 0) is 36.9 Å². The van der Waals surface area contributed by atoms with Crippen LogP contribution in [0.1, 0.15) is 28.4 Å². The fourth-order valence-electron chi connectivity index (χ4n) is 3.03. The van der Waals surface area contributed by atoms with E-state index in [4.69, 9.17) is 0 Å². The largest absolute Gasteiger partial charge is 0.373 e. The fourth-order valence-corrected chi connectivity index (χ4v) is 3.03. The first-order chi connectivity index (χ1) is 13.1. The van der Waals surface area contributed by atoms with Crippen LogP contribution in [0.4, 0.5) is 5.82 Å². The Labute approximate surface area is 160 Å². The standard InChI is InChI=1S/C22H26N4O/c1-4-26(3)15-17-9-7-8-16(12-17)14-24-22(27)19-13-21(23-2)25-20-11-6-5-10-18(19)20/h5-13H,4,14-15H2,1-3H3,(H,23,25)(H,24,27). The summed E-state index contributed by atoms with van der Waals surface area (Å²) in [5, 5.41) is 6.92. The lowest BCUT2D eigenvalue weighted by molar-refractivity contribution is 0.0952. The molecular weight excluding hydrogens is 336 g/mol. The van der Waals surface area contributed by atoms with Gasteiger partial charge in [0.25, 0.3) is 5.91 Å². The molecule has 2 aromatic carbocycles. The molecule has 0 unspecified atom stereocenters. The number of pyridine rings is 1. The summed E-state index contributed by atoms with van der Waals surface area (Å²) in [6, 6.07) is 17.8. The molecule has 0 atom stereocenters. The van der Waals surface area contributed by atoms with Crippen LogP contribution in [0.25, 0.3) is 10.9 Å². The number of nitrogens with zero attached hydrogens (tertiary/aromatic N) is 2. The first-order valence-corrected chi connectivity index (χ1v) is 9.22. The van der Waals surface area contributed by atoms with Crippen LogP contribution in [-0.4, -0.2) is 36.4 Å². The summed E-state index contributed by atoms with van der Waals surface area (Å²) in [5.74, 6) is 0.588. The molecule has 1 amide bonds. The first kappa shape index (κ1) is 18.9. The normalized spacial score (nSPS) is 11.0. The zero-order valence-corrected chi connectivity index (χ0v) is 16.1. The number of rotatable bonds is 7. The summed E-state index contributed by atoms with van der Waals surface area (Å²) in [5.41, 5.74) is 3.78. The lowest BCUT2D eigenvalue weighted by atomic mass is 10.1. The zero-order valence-electron chi connectivity index (χ0n) is 16.1. The second kappa shape index (κ2) is 8.64. The van der Waals surface area contributed by atoms with Crippen molar-refractivity contribution in [1.29, 1.82) is 0 Å². The van der Waals surface area contributed by atoms with E-state index in [0.717, 1.165) is 29.6 Å². The van der Waals surface area contributed by atoms with Crippen molar-refractivity contribution in [2.75, 3.05) is 26.0 Å². The Morgan fingerprint density at radius 1 is 1.07 bits per heavy atom. The number of carbonyl (C=O) groups is 1. The van der Waals surface area contributed by atoms with Gasteiger partial charge < -0.3 is 15.5 Å². The number of para-hydroxylation sites is 1. The first-order valence-electron chi connectivity index (χ1n) is 9.22. The maximum absolute atomic E-state index is 12.8. The minimum absolute atomic E-state index is 0.0961. The minimum atomic E-state index is -0.0961. The highest BCUT2D eigenvalue weighted by Crippen LogP contribution is 2.20. The van der Waals surface area contributed by atoms with Crippen molar-refractivity contribution in [1.82, 2.24) is 15.2 Å². The van der Waals surface area contributed by atoms with Gasteiger partial charge in [0.1, 0.15) is 5.82 Å².